The molecule has 4 atom stereocenters. The molecule has 18 heavy (non-hydrogen) atoms. The summed E-state index contributed by atoms with van der Waals surface area (Å²) in [6, 6.07) is 0.358. The lowest BCUT2D eigenvalue weighted by Gasteiger charge is -2.35. The van der Waals surface area contributed by atoms with Gasteiger partial charge < -0.3 is 15.2 Å². The van der Waals surface area contributed by atoms with Crippen LogP contribution in [0, 0.1) is 5.92 Å². The zero-order chi connectivity index (χ0) is 13.0. The summed E-state index contributed by atoms with van der Waals surface area (Å²) >= 11 is 0. The summed E-state index contributed by atoms with van der Waals surface area (Å²) in [6.07, 6.45) is 5.51. The summed E-state index contributed by atoms with van der Waals surface area (Å²) < 4.78 is 11.5. The minimum absolute atomic E-state index is 0.319. The Balaban J connectivity index is 1.82. The summed E-state index contributed by atoms with van der Waals surface area (Å²) in [5.41, 5.74) is 5.95. The molecular formula is C14H28N2O2. The van der Waals surface area contributed by atoms with E-state index in [4.69, 9.17) is 15.2 Å². The van der Waals surface area contributed by atoms with Crippen molar-refractivity contribution in [3.8, 4) is 0 Å². The summed E-state index contributed by atoms with van der Waals surface area (Å²) in [6.45, 7) is 5.76. The Morgan fingerprint density at radius 1 is 1.33 bits per heavy atom. The van der Waals surface area contributed by atoms with Gasteiger partial charge in [0, 0.05) is 25.7 Å². The van der Waals surface area contributed by atoms with Gasteiger partial charge in [-0.25, -0.2) is 0 Å². The SMILES string of the molecule is CC1CCC(C(CN)N(C)CC2CCCOC2)O1. The van der Waals surface area contributed by atoms with Gasteiger partial charge >= 0.3 is 0 Å². The highest BCUT2D eigenvalue weighted by Gasteiger charge is 2.32. The first-order valence-electron chi connectivity index (χ1n) is 7.34. The van der Waals surface area contributed by atoms with Crippen molar-refractivity contribution in [1.82, 2.24) is 4.90 Å². The second-order valence-corrected chi connectivity index (χ2v) is 5.89. The van der Waals surface area contributed by atoms with Crippen LogP contribution in [0.1, 0.15) is 32.6 Å². The van der Waals surface area contributed by atoms with E-state index in [9.17, 15) is 0 Å². The normalized spacial score (nSPS) is 35.0. The number of ether oxygens (including phenoxy) is 2. The number of hydrogen-bond acceptors (Lipinski definition) is 4. The van der Waals surface area contributed by atoms with Gasteiger partial charge in [0.2, 0.25) is 0 Å². The fourth-order valence-electron chi connectivity index (χ4n) is 3.23. The third-order valence-electron chi connectivity index (χ3n) is 4.30. The van der Waals surface area contributed by atoms with Crippen molar-refractivity contribution in [2.45, 2.75) is 50.9 Å². The van der Waals surface area contributed by atoms with Crippen molar-refractivity contribution in [2.75, 3.05) is 33.4 Å². The van der Waals surface area contributed by atoms with Crippen LogP contribution >= 0.6 is 0 Å². The van der Waals surface area contributed by atoms with E-state index in [1.165, 1.54) is 19.3 Å². The lowest BCUT2D eigenvalue weighted by atomic mass is 9.99. The van der Waals surface area contributed by atoms with Gasteiger partial charge in [-0.15, -0.1) is 0 Å². The molecule has 0 aromatic heterocycles. The van der Waals surface area contributed by atoms with E-state index in [2.05, 4.69) is 18.9 Å². The Morgan fingerprint density at radius 2 is 2.17 bits per heavy atom. The van der Waals surface area contributed by atoms with Crippen LogP contribution in [0.25, 0.3) is 0 Å². The van der Waals surface area contributed by atoms with Crippen molar-refractivity contribution >= 4 is 0 Å². The number of nitrogens with two attached hydrogens (primary N) is 1. The maximum Gasteiger partial charge on any atom is 0.0746 e. The molecule has 0 bridgehead atoms. The van der Waals surface area contributed by atoms with Gasteiger partial charge in [-0.1, -0.05) is 0 Å². The van der Waals surface area contributed by atoms with Crippen LogP contribution in [0.4, 0.5) is 0 Å². The second kappa shape index (κ2) is 6.85. The molecule has 2 heterocycles. The van der Waals surface area contributed by atoms with Crippen molar-refractivity contribution in [3.63, 3.8) is 0 Å². The fraction of sp³-hybridized carbons (Fsp3) is 1.00. The Hall–Kier alpha value is -0.160. The molecule has 2 fully saturated rings. The second-order valence-electron chi connectivity index (χ2n) is 5.89. The molecule has 0 spiro atoms. The number of hydrogen-bond donors (Lipinski definition) is 1. The molecule has 106 valence electrons. The van der Waals surface area contributed by atoms with Gasteiger partial charge in [0.25, 0.3) is 0 Å². The molecule has 2 rings (SSSR count). The minimum atomic E-state index is 0.319. The van der Waals surface area contributed by atoms with E-state index in [1.807, 2.05) is 0 Å². The lowest BCUT2D eigenvalue weighted by molar-refractivity contribution is -0.0131. The van der Waals surface area contributed by atoms with E-state index < -0.39 is 0 Å². The summed E-state index contributed by atoms with van der Waals surface area (Å²) in [4.78, 5) is 2.39. The first-order chi connectivity index (χ1) is 8.70. The van der Waals surface area contributed by atoms with Crippen LogP contribution in [-0.2, 0) is 9.47 Å². The van der Waals surface area contributed by atoms with Crippen LogP contribution < -0.4 is 5.73 Å². The number of nitrogens with zero attached hydrogens (tertiary/aromatic N) is 1. The molecule has 4 heteroatoms. The molecule has 4 unspecified atom stereocenters. The molecule has 0 aliphatic carbocycles. The average molecular weight is 256 g/mol. The van der Waals surface area contributed by atoms with Crippen molar-refractivity contribution in [1.29, 1.82) is 0 Å². The van der Waals surface area contributed by atoms with Crippen LogP contribution in [0.5, 0.6) is 0 Å². The highest BCUT2D eigenvalue weighted by Crippen LogP contribution is 2.25. The Morgan fingerprint density at radius 3 is 2.72 bits per heavy atom. The van der Waals surface area contributed by atoms with Gasteiger partial charge in [0.1, 0.15) is 0 Å². The average Bonchev–Trinajstić information content (AvgIpc) is 2.78. The van der Waals surface area contributed by atoms with E-state index >= 15 is 0 Å². The van der Waals surface area contributed by atoms with Gasteiger partial charge in [-0.3, -0.25) is 4.90 Å². The molecule has 2 aliphatic rings. The van der Waals surface area contributed by atoms with Crippen molar-refractivity contribution in [3.05, 3.63) is 0 Å². The van der Waals surface area contributed by atoms with E-state index in [-0.39, 0.29) is 0 Å². The third kappa shape index (κ3) is 3.67. The van der Waals surface area contributed by atoms with Gasteiger partial charge in [0.05, 0.1) is 18.8 Å². The molecule has 0 amide bonds. The zero-order valence-corrected chi connectivity index (χ0v) is 11.8. The third-order valence-corrected chi connectivity index (χ3v) is 4.30. The molecule has 2 saturated heterocycles. The van der Waals surface area contributed by atoms with Crippen LogP contribution in [0.2, 0.25) is 0 Å². The standard InChI is InChI=1S/C14H28N2O2/c1-11-5-6-14(18-11)13(8-15)16(2)9-12-4-3-7-17-10-12/h11-14H,3-10,15H2,1-2H3. The first kappa shape index (κ1) is 14.3. The number of rotatable bonds is 5. The molecule has 0 saturated carbocycles. The highest BCUT2D eigenvalue weighted by atomic mass is 16.5. The van der Waals surface area contributed by atoms with E-state index in [0.717, 1.165) is 26.2 Å². The molecular weight excluding hydrogens is 228 g/mol. The van der Waals surface area contributed by atoms with Crippen molar-refractivity contribution in [2.24, 2.45) is 11.7 Å². The minimum Gasteiger partial charge on any atom is -0.381 e. The molecule has 0 aromatic carbocycles. The Labute approximate surface area is 111 Å². The smallest absolute Gasteiger partial charge is 0.0746 e. The maximum absolute atomic E-state index is 5.97. The van der Waals surface area contributed by atoms with Crippen LogP contribution in [0.3, 0.4) is 0 Å². The number of likely N-dealkylation sites (N-methyl/N-ethyl adjacent to an activating group) is 1. The summed E-state index contributed by atoms with van der Waals surface area (Å²) in [5.74, 6) is 0.664. The van der Waals surface area contributed by atoms with Crippen LogP contribution in [0.15, 0.2) is 0 Å². The Kier molecular flexibility index (Phi) is 5.42. The molecule has 4 nitrogen and oxygen atoms in total. The predicted octanol–water partition coefficient (Wildman–Crippen LogP) is 1.24. The first-order valence-corrected chi connectivity index (χ1v) is 7.34. The lowest BCUT2D eigenvalue weighted by Crippen LogP contribution is -2.48. The molecule has 2 aliphatic heterocycles. The summed E-state index contributed by atoms with van der Waals surface area (Å²) in [7, 11) is 2.18. The van der Waals surface area contributed by atoms with E-state index in [0.29, 0.717) is 30.7 Å². The maximum atomic E-state index is 5.97. The van der Waals surface area contributed by atoms with Gasteiger partial charge in [-0.05, 0) is 45.6 Å². The molecule has 2 N–H and O–H groups in total. The topological polar surface area (TPSA) is 47.7 Å². The molecule has 0 radical (unpaired) electrons. The molecule has 0 aromatic rings. The van der Waals surface area contributed by atoms with Crippen molar-refractivity contribution < 1.29 is 9.47 Å². The Bertz CT molecular complexity index is 244. The quantitative estimate of drug-likeness (QED) is 0.804. The largest absolute Gasteiger partial charge is 0.381 e. The highest BCUT2D eigenvalue weighted by molar-refractivity contribution is 4.85. The van der Waals surface area contributed by atoms with E-state index in [1.54, 1.807) is 0 Å². The monoisotopic (exact) mass is 256 g/mol. The predicted molar refractivity (Wildman–Crippen MR) is 72.6 cm³/mol. The van der Waals surface area contributed by atoms with Gasteiger partial charge in [0.15, 0.2) is 0 Å². The van der Waals surface area contributed by atoms with Crippen LogP contribution in [-0.4, -0.2) is 56.5 Å². The van der Waals surface area contributed by atoms with Gasteiger partial charge in [-0.2, -0.15) is 0 Å². The fourth-order valence-corrected chi connectivity index (χ4v) is 3.23. The summed E-state index contributed by atoms with van der Waals surface area (Å²) in [5, 5.41) is 0. The zero-order valence-electron chi connectivity index (χ0n) is 11.8.